The molecule has 2 N–H and O–H groups in total. The van der Waals surface area contributed by atoms with E-state index in [0.29, 0.717) is 22.7 Å². The Kier molecular flexibility index (Phi) is 4.40. The predicted octanol–water partition coefficient (Wildman–Crippen LogP) is 4.04. The Balaban J connectivity index is 2.09. The summed E-state index contributed by atoms with van der Waals surface area (Å²) in [5.41, 5.74) is 1.21. The Hall–Kier alpha value is -1.58. The van der Waals surface area contributed by atoms with E-state index in [1.165, 1.54) is 6.07 Å². The SMILES string of the molecule is C[C@@H](NCc1c(O)cccc1Cl)c1ccccc1F. The quantitative estimate of drug-likeness (QED) is 0.885. The third-order valence-corrected chi connectivity index (χ3v) is 3.40. The molecule has 0 fully saturated rings. The first-order valence-electron chi connectivity index (χ1n) is 6.03. The number of hydrogen-bond donors (Lipinski definition) is 2. The first-order valence-corrected chi connectivity index (χ1v) is 6.41. The van der Waals surface area contributed by atoms with Gasteiger partial charge in [-0.3, -0.25) is 0 Å². The first-order chi connectivity index (χ1) is 9.09. The first kappa shape index (κ1) is 13.8. The largest absolute Gasteiger partial charge is 0.508 e. The van der Waals surface area contributed by atoms with Crippen molar-refractivity contribution in [3.8, 4) is 5.75 Å². The van der Waals surface area contributed by atoms with Crippen LogP contribution in [0.1, 0.15) is 24.1 Å². The molecule has 0 heterocycles. The Bertz CT molecular complexity index is 554. The van der Waals surface area contributed by atoms with Gasteiger partial charge in [0.25, 0.3) is 0 Å². The summed E-state index contributed by atoms with van der Waals surface area (Å²) < 4.78 is 13.6. The fourth-order valence-electron chi connectivity index (χ4n) is 1.91. The van der Waals surface area contributed by atoms with Crippen LogP contribution in [0, 0.1) is 5.82 Å². The molecule has 0 aliphatic heterocycles. The molecule has 1 atom stereocenters. The molecule has 0 bridgehead atoms. The second-order valence-corrected chi connectivity index (χ2v) is 4.77. The number of hydrogen-bond acceptors (Lipinski definition) is 2. The Labute approximate surface area is 116 Å². The molecule has 2 rings (SSSR count). The maximum atomic E-state index is 13.6. The van der Waals surface area contributed by atoms with Gasteiger partial charge in [0.1, 0.15) is 11.6 Å². The van der Waals surface area contributed by atoms with E-state index in [9.17, 15) is 9.50 Å². The third-order valence-electron chi connectivity index (χ3n) is 3.05. The maximum Gasteiger partial charge on any atom is 0.127 e. The number of rotatable bonds is 4. The summed E-state index contributed by atoms with van der Waals surface area (Å²) in [6.07, 6.45) is 0. The molecule has 0 saturated heterocycles. The standard InChI is InChI=1S/C15H15ClFNO/c1-10(11-5-2-3-7-14(11)17)18-9-12-13(16)6-4-8-15(12)19/h2-8,10,18-19H,9H2,1H3/t10-/m1/s1. The van der Waals surface area contributed by atoms with Crippen LogP contribution in [-0.4, -0.2) is 5.11 Å². The number of halogens is 2. The fourth-order valence-corrected chi connectivity index (χ4v) is 2.15. The van der Waals surface area contributed by atoms with Crippen LogP contribution in [-0.2, 0) is 6.54 Å². The van der Waals surface area contributed by atoms with Gasteiger partial charge < -0.3 is 10.4 Å². The Morgan fingerprint density at radius 2 is 1.95 bits per heavy atom. The molecular weight excluding hydrogens is 265 g/mol. The molecule has 2 aromatic carbocycles. The summed E-state index contributed by atoms with van der Waals surface area (Å²) in [7, 11) is 0. The van der Waals surface area contributed by atoms with Crippen LogP contribution < -0.4 is 5.32 Å². The van der Waals surface area contributed by atoms with Crippen molar-refractivity contribution in [1.82, 2.24) is 5.32 Å². The van der Waals surface area contributed by atoms with Crippen molar-refractivity contribution in [2.45, 2.75) is 19.5 Å². The van der Waals surface area contributed by atoms with Crippen molar-refractivity contribution < 1.29 is 9.50 Å². The van der Waals surface area contributed by atoms with Gasteiger partial charge in [0.05, 0.1) is 0 Å². The predicted molar refractivity (Wildman–Crippen MR) is 74.8 cm³/mol. The lowest BCUT2D eigenvalue weighted by molar-refractivity contribution is 0.458. The minimum absolute atomic E-state index is 0.140. The molecule has 0 unspecified atom stereocenters. The van der Waals surface area contributed by atoms with E-state index >= 15 is 0 Å². The number of phenols is 1. The molecule has 0 aliphatic rings. The van der Waals surface area contributed by atoms with Crippen LogP contribution in [0.25, 0.3) is 0 Å². The minimum Gasteiger partial charge on any atom is -0.508 e. The minimum atomic E-state index is -0.245. The van der Waals surface area contributed by atoms with Crippen molar-refractivity contribution in [2.24, 2.45) is 0 Å². The van der Waals surface area contributed by atoms with Crippen molar-refractivity contribution in [3.05, 3.63) is 64.4 Å². The lowest BCUT2D eigenvalue weighted by Gasteiger charge is -2.16. The third kappa shape index (κ3) is 3.25. The molecule has 2 aromatic rings. The average molecular weight is 280 g/mol. The highest BCUT2D eigenvalue weighted by atomic mass is 35.5. The highest BCUT2D eigenvalue weighted by molar-refractivity contribution is 6.31. The molecule has 0 spiro atoms. The fraction of sp³-hybridized carbons (Fsp3) is 0.200. The number of aromatic hydroxyl groups is 1. The van der Waals surface area contributed by atoms with E-state index in [0.717, 1.165) is 0 Å². The van der Waals surface area contributed by atoms with Crippen molar-refractivity contribution >= 4 is 11.6 Å². The molecule has 0 aromatic heterocycles. The maximum absolute atomic E-state index is 13.6. The summed E-state index contributed by atoms with van der Waals surface area (Å²) in [6, 6.07) is 11.4. The summed E-state index contributed by atoms with van der Waals surface area (Å²) in [6.45, 7) is 2.24. The summed E-state index contributed by atoms with van der Waals surface area (Å²) in [4.78, 5) is 0. The van der Waals surface area contributed by atoms with Gasteiger partial charge in [-0.25, -0.2) is 4.39 Å². The normalized spacial score (nSPS) is 12.4. The second-order valence-electron chi connectivity index (χ2n) is 4.36. The number of nitrogens with one attached hydrogen (secondary N) is 1. The summed E-state index contributed by atoms with van der Waals surface area (Å²) >= 11 is 6.02. The highest BCUT2D eigenvalue weighted by Crippen LogP contribution is 2.26. The molecule has 2 nitrogen and oxygen atoms in total. The Morgan fingerprint density at radius 3 is 2.63 bits per heavy atom. The topological polar surface area (TPSA) is 32.3 Å². The molecule has 0 aliphatic carbocycles. The lowest BCUT2D eigenvalue weighted by atomic mass is 10.1. The molecule has 0 radical (unpaired) electrons. The Morgan fingerprint density at radius 1 is 1.21 bits per heavy atom. The summed E-state index contributed by atoms with van der Waals surface area (Å²) in [5.74, 6) is -0.105. The van der Waals surface area contributed by atoms with E-state index in [1.54, 1.807) is 36.4 Å². The number of benzene rings is 2. The van der Waals surface area contributed by atoms with Gasteiger partial charge in [-0.2, -0.15) is 0 Å². The van der Waals surface area contributed by atoms with Crippen LogP contribution in [0.2, 0.25) is 5.02 Å². The van der Waals surface area contributed by atoms with Crippen LogP contribution in [0.5, 0.6) is 5.75 Å². The molecule has 19 heavy (non-hydrogen) atoms. The average Bonchev–Trinajstić information content (AvgIpc) is 2.38. The van der Waals surface area contributed by atoms with E-state index in [1.807, 2.05) is 6.92 Å². The molecule has 100 valence electrons. The molecule has 0 saturated carbocycles. The van der Waals surface area contributed by atoms with Gasteiger partial charge in [0.15, 0.2) is 0 Å². The van der Waals surface area contributed by atoms with Crippen LogP contribution >= 0.6 is 11.6 Å². The second kappa shape index (κ2) is 6.04. The van der Waals surface area contributed by atoms with E-state index in [2.05, 4.69) is 5.32 Å². The lowest BCUT2D eigenvalue weighted by Crippen LogP contribution is -2.19. The molecular formula is C15H15ClFNO. The van der Waals surface area contributed by atoms with Crippen molar-refractivity contribution in [2.75, 3.05) is 0 Å². The van der Waals surface area contributed by atoms with Gasteiger partial charge in [0, 0.05) is 28.7 Å². The summed E-state index contributed by atoms with van der Waals surface area (Å²) in [5, 5.41) is 13.4. The van der Waals surface area contributed by atoms with Crippen molar-refractivity contribution in [1.29, 1.82) is 0 Å². The van der Waals surface area contributed by atoms with E-state index in [-0.39, 0.29) is 17.6 Å². The van der Waals surface area contributed by atoms with Crippen LogP contribution in [0.4, 0.5) is 4.39 Å². The zero-order chi connectivity index (χ0) is 13.8. The van der Waals surface area contributed by atoms with Gasteiger partial charge >= 0.3 is 0 Å². The highest BCUT2D eigenvalue weighted by Gasteiger charge is 2.12. The van der Waals surface area contributed by atoms with E-state index < -0.39 is 0 Å². The van der Waals surface area contributed by atoms with Gasteiger partial charge in [-0.1, -0.05) is 35.9 Å². The monoisotopic (exact) mass is 279 g/mol. The van der Waals surface area contributed by atoms with E-state index in [4.69, 9.17) is 11.6 Å². The molecule has 4 heteroatoms. The number of phenolic OH excluding ortho intramolecular Hbond substituents is 1. The van der Waals surface area contributed by atoms with Gasteiger partial charge in [-0.15, -0.1) is 0 Å². The van der Waals surface area contributed by atoms with Crippen LogP contribution in [0.15, 0.2) is 42.5 Å². The van der Waals surface area contributed by atoms with Gasteiger partial charge in [0.2, 0.25) is 0 Å². The molecule has 0 amide bonds. The van der Waals surface area contributed by atoms with Gasteiger partial charge in [-0.05, 0) is 25.1 Å². The zero-order valence-electron chi connectivity index (χ0n) is 10.5. The van der Waals surface area contributed by atoms with Crippen LogP contribution in [0.3, 0.4) is 0 Å². The van der Waals surface area contributed by atoms with Crippen molar-refractivity contribution in [3.63, 3.8) is 0 Å². The smallest absolute Gasteiger partial charge is 0.127 e. The zero-order valence-corrected chi connectivity index (χ0v) is 11.3.